The Hall–Kier alpha value is -2.25. The summed E-state index contributed by atoms with van der Waals surface area (Å²) in [5.41, 5.74) is 2.83. The number of piperidine rings is 2. The van der Waals surface area contributed by atoms with E-state index in [0.717, 1.165) is 37.0 Å². The van der Waals surface area contributed by atoms with E-state index in [2.05, 4.69) is 22.0 Å². The van der Waals surface area contributed by atoms with Gasteiger partial charge in [-0.25, -0.2) is 0 Å². The monoisotopic (exact) mass is 396 g/mol. The maximum Gasteiger partial charge on any atom is 0.255 e. The van der Waals surface area contributed by atoms with Crippen molar-refractivity contribution >= 4 is 17.7 Å². The molecule has 7 nitrogen and oxygen atoms in total. The topological polar surface area (TPSA) is 90.5 Å². The molecule has 5 rings (SSSR count). The van der Waals surface area contributed by atoms with Crippen LogP contribution in [-0.2, 0) is 22.7 Å². The predicted molar refractivity (Wildman–Crippen MR) is 107 cm³/mol. The Morgan fingerprint density at radius 1 is 1.10 bits per heavy atom. The number of hydrogen-bond donors (Lipinski definition) is 3. The molecule has 0 aromatic heterocycles. The molecule has 2 saturated heterocycles. The van der Waals surface area contributed by atoms with Crippen molar-refractivity contribution in [2.45, 2.75) is 57.3 Å². The van der Waals surface area contributed by atoms with Crippen LogP contribution >= 0.6 is 0 Å². The van der Waals surface area contributed by atoms with Crippen molar-refractivity contribution in [3.63, 3.8) is 0 Å². The zero-order valence-electron chi connectivity index (χ0n) is 16.6. The Kier molecular flexibility index (Phi) is 4.87. The van der Waals surface area contributed by atoms with Gasteiger partial charge in [-0.05, 0) is 67.8 Å². The maximum absolute atomic E-state index is 12.8. The zero-order chi connectivity index (χ0) is 20.0. The summed E-state index contributed by atoms with van der Waals surface area (Å²) in [5, 5.41) is 9.57. The first-order valence-corrected chi connectivity index (χ1v) is 10.8. The summed E-state index contributed by atoms with van der Waals surface area (Å²) < 4.78 is 0. The molecule has 1 saturated carbocycles. The second-order valence-electron chi connectivity index (χ2n) is 8.95. The molecule has 3 amide bonds. The van der Waals surface area contributed by atoms with Crippen molar-refractivity contribution in [3.8, 4) is 0 Å². The Bertz CT molecular complexity index is 840. The molecule has 0 spiro atoms. The highest BCUT2D eigenvalue weighted by Gasteiger charge is 2.39. The number of rotatable bonds is 4. The van der Waals surface area contributed by atoms with E-state index in [1.807, 2.05) is 12.1 Å². The van der Waals surface area contributed by atoms with Crippen molar-refractivity contribution in [3.05, 3.63) is 34.9 Å². The molecule has 3 heterocycles. The van der Waals surface area contributed by atoms with Gasteiger partial charge in [0.05, 0.1) is 0 Å². The smallest absolute Gasteiger partial charge is 0.255 e. The Labute approximate surface area is 170 Å². The number of nitrogens with zero attached hydrogens (tertiary/aromatic N) is 1. The van der Waals surface area contributed by atoms with Crippen LogP contribution in [0.25, 0.3) is 0 Å². The Morgan fingerprint density at radius 2 is 1.97 bits per heavy atom. The summed E-state index contributed by atoms with van der Waals surface area (Å²) in [7, 11) is 0. The van der Waals surface area contributed by atoms with Gasteiger partial charge in [0.2, 0.25) is 11.8 Å². The van der Waals surface area contributed by atoms with Gasteiger partial charge in [0, 0.05) is 31.1 Å². The molecular weight excluding hydrogens is 368 g/mol. The van der Waals surface area contributed by atoms with Gasteiger partial charge in [0.25, 0.3) is 5.91 Å². The van der Waals surface area contributed by atoms with E-state index < -0.39 is 6.04 Å². The lowest BCUT2D eigenvalue weighted by Gasteiger charge is -2.29. The van der Waals surface area contributed by atoms with E-state index in [0.29, 0.717) is 24.6 Å². The standard InChI is InChI=1S/C22H28N4O3/c27-20-4-3-19(21(28)25-20)26-12-16-7-13(1-2-18(16)22(26)29)10-24-17-8-14-5-6-23-11-15(14)9-17/h1-2,7,14-15,17,19,23-24H,3-6,8-12H2,(H,25,27,28)/t14-,15-,17?,19?/m0/s1. The molecule has 0 bridgehead atoms. The molecule has 0 radical (unpaired) electrons. The molecule has 4 aliphatic rings. The normalized spacial score (nSPS) is 31.6. The van der Waals surface area contributed by atoms with E-state index >= 15 is 0 Å². The minimum atomic E-state index is -0.551. The van der Waals surface area contributed by atoms with E-state index in [9.17, 15) is 14.4 Å². The fourth-order valence-corrected chi connectivity index (χ4v) is 5.56. The highest BCUT2D eigenvalue weighted by molar-refractivity contribution is 6.05. The zero-order valence-corrected chi connectivity index (χ0v) is 16.6. The lowest BCUT2D eigenvalue weighted by Crippen LogP contribution is -2.52. The van der Waals surface area contributed by atoms with Gasteiger partial charge in [0.1, 0.15) is 6.04 Å². The second kappa shape index (κ2) is 7.54. The van der Waals surface area contributed by atoms with Crippen LogP contribution in [0.15, 0.2) is 18.2 Å². The van der Waals surface area contributed by atoms with Crippen LogP contribution in [0, 0.1) is 11.8 Å². The molecule has 4 atom stereocenters. The van der Waals surface area contributed by atoms with Crippen molar-refractivity contribution in [1.82, 2.24) is 20.9 Å². The number of amides is 3. The van der Waals surface area contributed by atoms with Gasteiger partial charge >= 0.3 is 0 Å². The third-order valence-electron chi connectivity index (χ3n) is 7.12. The number of nitrogens with one attached hydrogen (secondary N) is 3. The summed E-state index contributed by atoms with van der Waals surface area (Å²) in [6, 6.07) is 6.01. The lowest BCUT2D eigenvalue weighted by molar-refractivity contribution is -0.136. The predicted octanol–water partition coefficient (Wildman–Crippen LogP) is 0.925. The van der Waals surface area contributed by atoms with Crippen LogP contribution in [0.5, 0.6) is 0 Å². The summed E-state index contributed by atoms with van der Waals surface area (Å²) in [6.45, 7) is 3.54. The molecule has 3 N–H and O–H groups in total. The average Bonchev–Trinajstić information content (AvgIpc) is 3.27. The van der Waals surface area contributed by atoms with Crippen molar-refractivity contribution in [2.24, 2.45) is 11.8 Å². The van der Waals surface area contributed by atoms with Gasteiger partial charge in [-0.15, -0.1) is 0 Å². The van der Waals surface area contributed by atoms with Crippen LogP contribution in [-0.4, -0.2) is 47.8 Å². The number of carbonyl (C=O) groups is 3. The summed E-state index contributed by atoms with van der Waals surface area (Å²) >= 11 is 0. The number of fused-ring (bicyclic) bond motifs is 2. The van der Waals surface area contributed by atoms with Crippen molar-refractivity contribution < 1.29 is 14.4 Å². The van der Waals surface area contributed by atoms with Crippen molar-refractivity contribution in [1.29, 1.82) is 0 Å². The van der Waals surface area contributed by atoms with Crippen LogP contribution < -0.4 is 16.0 Å². The third-order valence-corrected chi connectivity index (χ3v) is 7.12. The quantitative estimate of drug-likeness (QED) is 0.659. The number of benzene rings is 1. The molecular formula is C22H28N4O3. The molecule has 154 valence electrons. The fraction of sp³-hybridized carbons (Fsp3) is 0.591. The molecule has 1 aliphatic carbocycles. The minimum absolute atomic E-state index is 0.110. The van der Waals surface area contributed by atoms with Gasteiger partial charge in [-0.1, -0.05) is 12.1 Å². The summed E-state index contributed by atoms with van der Waals surface area (Å²) in [6.07, 6.45) is 4.48. The first kappa shape index (κ1) is 18.8. The molecule has 3 aliphatic heterocycles. The minimum Gasteiger partial charge on any atom is -0.322 e. The lowest BCUT2D eigenvalue weighted by atomic mass is 9.90. The van der Waals surface area contributed by atoms with Gasteiger partial charge < -0.3 is 15.5 Å². The first-order valence-electron chi connectivity index (χ1n) is 10.8. The Morgan fingerprint density at radius 3 is 2.79 bits per heavy atom. The molecule has 1 aromatic carbocycles. The van der Waals surface area contributed by atoms with Crippen molar-refractivity contribution in [2.75, 3.05) is 13.1 Å². The summed E-state index contributed by atoms with van der Waals surface area (Å²) in [5.74, 6) is 0.934. The van der Waals surface area contributed by atoms with Crippen LogP contribution in [0.1, 0.15) is 53.6 Å². The molecule has 29 heavy (non-hydrogen) atoms. The Balaban J connectivity index is 1.22. The average molecular weight is 396 g/mol. The highest BCUT2D eigenvalue weighted by Crippen LogP contribution is 2.36. The largest absolute Gasteiger partial charge is 0.322 e. The highest BCUT2D eigenvalue weighted by atomic mass is 16.2. The van der Waals surface area contributed by atoms with Gasteiger partial charge in [0.15, 0.2) is 0 Å². The number of hydrogen-bond acceptors (Lipinski definition) is 5. The van der Waals surface area contributed by atoms with Crippen LogP contribution in [0.3, 0.4) is 0 Å². The van der Waals surface area contributed by atoms with Gasteiger partial charge in [-0.3, -0.25) is 19.7 Å². The van der Waals surface area contributed by atoms with Crippen LogP contribution in [0.4, 0.5) is 0 Å². The van der Waals surface area contributed by atoms with E-state index in [-0.39, 0.29) is 24.1 Å². The van der Waals surface area contributed by atoms with Crippen LogP contribution in [0.2, 0.25) is 0 Å². The third kappa shape index (κ3) is 3.57. The van der Waals surface area contributed by atoms with E-state index in [4.69, 9.17) is 0 Å². The number of carbonyl (C=O) groups excluding carboxylic acids is 3. The van der Waals surface area contributed by atoms with Gasteiger partial charge in [-0.2, -0.15) is 0 Å². The molecule has 2 unspecified atom stereocenters. The number of imide groups is 1. The molecule has 7 heteroatoms. The van der Waals surface area contributed by atoms with E-state index in [1.165, 1.54) is 24.8 Å². The second-order valence-corrected chi connectivity index (χ2v) is 8.95. The molecule has 3 fully saturated rings. The maximum atomic E-state index is 12.8. The fourth-order valence-electron chi connectivity index (χ4n) is 5.56. The summed E-state index contributed by atoms with van der Waals surface area (Å²) in [4.78, 5) is 38.0. The molecule has 1 aromatic rings. The SMILES string of the molecule is O=C1CCC(N2Cc3cc(CNC4C[C@H]5CNCC[C@H]5C4)ccc3C2=O)C(=O)N1. The van der Waals surface area contributed by atoms with E-state index in [1.54, 1.807) is 4.90 Å². The first-order chi connectivity index (χ1) is 14.1.